The number of carbonyl (C=O) groups is 1. The molecule has 1 aliphatic heterocycles. The average molecular weight is 393 g/mol. The lowest BCUT2D eigenvalue weighted by atomic mass is 10.2. The molecule has 0 N–H and O–H groups in total. The average Bonchev–Trinajstić information content (AvgIpc) is 2.90. The normalized spacial score (nSPS) is 15.8. The number of benzene rings is 2. The van der Waals surface area contributed by atoms with E-state index in [1.54, 1.807) is 49.6 Å². The molecule has 26 heavy (non-hydrogen) atoms. The number of amides is 1. The van der Waals surface area contributed by atoms with Gasteiger partial charge in [-0.15, -0.1) is 0 Å². The molecular weight excluding hydrogens is 380 g/mol. The summed E-state index contributed by atoms with van der Waals surface area (Å²) in [6.07, 6.45) is 1.66. The van der Waals surface area contributed by atoms with Gasteiger partial charge in [0.05, 0.1) is 17.7 Å². The van der Waals surface area contributed by atoms with E-state index in [1.165, 1.54) is 28.8 Å². The van der Waals surface area contributed by atoms with Crippen LogP contribution in [0, 0.1) is 0 Å². The van der Waals surface area contributed by atoms with Crippen LogP contribution in [0.25, 0.3) is 6.08 Å². The highest BCUT2D eigenvalue weighted by molar-refractivity contribution is 8.27. The zero-order valence-corrected chi connectivity index (χ0v) is 15.2. The SMILES string of the molecule is COc1ccc(N2C(=O)C(=Cc3ccc(OC(F)F)cc3)SC2=S)cc1. The zero-order chi connectivity index (χ0) is 18.7. The van der Waals surface area contributed by atoms with Crippen molar-refractivity contribution >= 4 is 46.0 Å². The summed E-state index contributed by atoms with van der Waals surface area (Å²) >= 11 is 6.50. The summed E-state index contributed by atoms with van der Waals surface area (Å²) in [5.74, 6) is 0.502. The molecule has 0 spiro atoms. The molecule has 0 unspecified atom stereocenters. The Morgan fingerprint density at radius 3 is 2.27 bits per heavy atom. The topological polar surface area (TPSA) is 38.8 Å². The van der Waals surface area contributed by atoms with Gasteiger partial charge in [0.15, 0.2) is 4.32 Å². The number of thiocarbonyl (C=S) groups is 1. The van der Waals surface area contributed by atoms with Crippen molar-refractivity contribution in [3.05, 3.63) is 59.0 Å². The molecule has 0 saturated carbocycles. The Labute approximate surface area is 158 Å². The van der Waals surface area contributed by atoms with Crippen LogP contribution in [0.3, 0.4) is 0 Å². The fourth-order valence-electron chi connectivity index (χ4n) is 2.32. The van der Waals surface area contributed by atoms with E-state index >= 15 is 0 Å². The third kappa shape index (κ3) is 4.03. The third-order valence-corrected chi connectivity index (χ3v) is 4.83. The number of hydrogen-bond donors (Lipinski definition) is 0. The van der Waals surface area contributed by atoms with Gasteiger partial charge in [-0.3, -0.25) is 9.69 Å². The van der Waals surface area contributed by atoms with Crippen LogP contribution in [0.2, 0.25) is 0 Å². The first-order valence-corrected chi connectivity index (χ1v) is 8.67. The van der Waals surface area contributed by atoms with Gasteiger partial charge in [0.1, 0.15) is 11.5 Å². The minimum absolute atomic E-state index is 0.0583. The Kier molecular flexibility index (Phi) is 5.53. The summed E-state index contributed by atoms with van der Waals surface area (Å²) in [4.78, 5) is 14.6. The lowest BCUT2D eigenvalue weighted by Crippen LogP contribution is -2.27. The molecule has 1 fully saturated rings. The molecule has 134 valence electrons. The highest BCUT2D eigenvalue weighted by atomic mass is 32.2. The zero-order valence-electron chi connectivity index (χ0n) is 13.5. The van der Waals surface area contributed by atoms with Crippen molar-refractivity contribution in [3.8, 4) is 11.5 Å². The van der Waals surface area contributed by atoms with Crippen LogP contribution in [-0.2, 0) is 4.79 Å². The van der Waals surface area contributed by atoms with E-state index in [9.17, 15) is 13.6 Å². The second-order valence-corrected chi connectivity index (χ2v) is 6.84. The number of nitrogens with zero attached hydrogens (tertiary/aromatic N) is 1. The molecule has 1 aliphatic rings. The molecule has 3 rings (SSSR count). The summed E-state index contributed by atoms with van der Waals surface area (Å²) < 4.78 is 34.2. The first kappa shape index (κ1) is 18.3. The minimum Gasteiger partial charge on any atom is -0.497 e. The van der Waals surface area contributed by atoms with Gasteiger partial charge >= 0.3 is 6.61 Å². The monoisotopic (exact) mass is 393 g/mol. The Morgan fingerprint density at radius 1 is 1.08 bits per heavy atom. The number of halogens is 2. The highest BCUT2D eigenvalue weighted by Crippen LogP contribution is 2.36. The maximum absolute atomic E-state index is 12.7. The van der Waals surface area contributed by atoms with Gasteiger partial charge in [0.25, 0.3) is 5.91 Å². The molecule has 0 aliphatic carbocycles. The molecule has 0 radical (unpaired) electrons. The predicted molar refractivity (Wildman–Crippen MR) is 102 cm³/mol. The number of methoxy groups -OCH3 is 1. The van der Waals surface area contributed by atoms with Crippen molar-refractivity contribution in [1.29, 1.82) is 0 Å². The van der Waals surface area contributed by atoms with Crippen molar-refractivity contribution in [2.45, 2.75) is 6.61 Å². The van der Waals surface area contributed by atoms with E-state index in [0.29, 0.717) is 26.2 Å². The number of ether oxygens (including phenoxy) is 2. The molecule has 0 aromatic heterocycles. The summed E-state index contributed by atoms with van der Waals surface area (Å²) in [5.41, 5.74) is 1.33. The molecule has 0 bridgehead atoms. The first-order chi connectivity index (χ1) is 12.5. The molecule has 0 atom stereocenters. The van der Waals surface area contributed by atoms with Crippen LogP contribution < -0.4 is 14.4 Å². The van der Waals surface area contributed by atoms with E-state index in [0.717, 1.165) is 0 Å². The maximum atomic E-state index is 12.7. The number of rotatable bonds is 5. The number of anilines is 1. The van der Waals surface area contributed by atoms with E-state index in [1.807, 2.05) is 0 Å². The Bertz CT molecular complexity index is 852. The Hall–Kier alpha value is -2.45. The molecule has 1 amide bonds. The number of thioether (sulfide) groups is 1. The van der Waals surface area contributed by atoms with E-state index in [2.05, 4.69) is 4.74 Å². The molecule has 4 nitrogen and oxygen atoms in total. The smallest absolute Gasteiger partial charge is 0.387 e. The second kappa shape index (κ2) is 7.84. The highest BCUT2D eigenvalue weighted by Gasteiger charge is 2.33. The fourth-order valence-corrected chi connectivity index (χ4v) is 3.62. The van der Waals surface area contributed by atoms with Crippen molar-refractivity contribution in [3.63, 3.8) is 0 Å². The first-order valence-electron chi connectivity index (χ1n) is 7.45. The fraction of sp³-hybridized carbons (Fsp3) is 0.111. The predicted octanol–water partition coefficient (Wildman–Crippen LogP) is 4.70. The van der Waals surface area contributed by atoms with Gasteiger partial charge in [0.2, 0.25) is 0 Å². The number of carbonyl (C=O) groups excluding carboxylic acids is 1. The van der Waals surface area contributed by atoms with Gasteiger partial charge in [-0.25, -0.2) is 0 Å². The van der Waals surface area contributed by atoms with Gasteiger partial charge in [0, 0.05) is 0 Å². The summed E-state index contributed by atoms with van der Waals surface area (Å²) in [7, 11) is 1.56. The molecule has 2 aromatic rings. The van der Waals surface area contributed by atoms with Crippen LogP contribution >= 0.6 is 24.0 Å². The maximum Gasteiger partial charge on any atom is 0.387 e. The van der Waals surface area contributed by atoms with E-state index in [4.69, 9.17) is 17.0 Å². The quantitative estimate of drug-likeness (QED) is 0.544. The lowest BCUT2D eigenvalue weighted by Gasteiger charge is -2.14. The number of alkyl halides is 2. The van der Waals surface area contributed by atoms with Crippen LogP contribution in [0.15, 0.2) is 53.4 Å². The van der Waals surface area contributed by atoms with Crippen molar-refractivity contribution in [2.75, 3.05) is 12.0 Å². The molecule has 1 heterocycles. The molecular formula is C18H13F2NO3S2. The third-order valence-electron chi connectivity index (χ3n) is 3.53. The summed E-state index contributed by atoms with van der Waals surface area (Å²) in [6.45, 7) is -2.87. The Balaban J connectivity index is 1.80. The largest absolute Gasteiger partial charge is 0.497 e. The lowest BCUT2D eigenvalue weighted by molar-refractivity contribution is -0.113. The summed E-state index contributed by atoms with van der Waals surface area (Å²) in [5, 5.41) is 0. The number of hydrogen-bond acceptors (Lipinski definition) is 5. The van der Waals surface area contributed by atoms with Crippen LogP contribution in [0.4, 0.5) is 14.5 Å². The van der Waals surface area contributed by atoms with Crippen LogP contribution in [-0.4, -0.2) is 23.9 Å². The minimum atomic E-state index is -2.87. The van der Waals surface area contributed by atoms with E-state index < -0.39 is 6.61 Å². The van der Waals surface area contributed by atoms with Crippen LogP contribution in [0.5, 0.6) is 11.5 Å². The van der Waals surface area contributed by atoms with Gasteiger partial charge < -0.3 is 9.47 Å². The van der Waals surface area contributed by atoms with Gasteiger partial charge in [-0.2, -0.15) is 8.78 Å². The molecule has 2 aromatic carbocycles. The Morgan fingerprint density at radius 2 is 1.69 bits per heavy atom. The van der Waals surface area contributed by atoms with Crippen LogP contribution in [0.1, 0.15) is 5.56 Å². The summed E-state index contributed by atoms with van der Waals surface area (Å²) in [6, 6.07) is 13.0. The van der Waals surface area contributed by atoms with Crippen molar-refractivity contribution in [2.24, 2.45) is 0 Å². The van der Waals surface area contributed by atoms with Crippen molar-refractivity contribution < 1.29 is 23.0 Å². The van der Waals surface area contributed by atoms with Crippen molar-refractivity contribution in [1.82, 2.24) is 0 Å². The molecule has 1 saturated heterocycles. The van der Waals surface area contributed by atoms with Gasteiger partial charge in [-0.05, 0) is 48.0 Å². The van der Waals surface area contributed by atoms with Gasteiger partial charge in [-0.1, -0.05) is 36.1 Å². The second-order valence-electron chi connectivity index (χ2n) is 5.16. The van der Waals surface area contributed by atoms with E-state index in [-0.39, 0.29) is 11.7 Å². The molecule has 8 heteroatoms. The standard InChI is InChI=1S/C18H13F2NO3S2/c1-23-13-8-4-12(5-9-13)21-16(22)15(26-18(21)25)10-11-2-6-14(7-3-11)24-17(19)20/h2-10,17H,1H3.